The molecule has 3 heterocycles. The molecule has 9 heteroatoms. The zero-order chi connectivity index (χ0) is 17.9. The molecule has 1 N–H and O–H groups in total. The number of nitrogens with one attached hydrogen (secondary N) is 1. The highest BCUT2D eigenvalue weighted by molar-refractivity contribution is 7.91. The van der Waals surface area contributed by atoms with E-state index in [9.17, 15) is 13.2 Å². The van der Waals surface area contributed by atoms with Gasteiger partial charge in [-0.1, -0.05) is 6.07 Å². The number of anilines is 1. The minimum Gasteiger partial charge on any atom is -0.363 e. The van der Waals surface area contributed by atoms with Gasteiger partial charge in [-0.25, -0.2) is 8.42 Å². The van der Waals surface area contributed by atoms with Crippen LogP contribution >= 0.6 is 0 Å². The molecular formula is C16H19N5O3S. The van der Waals surface area contributed by atoms with Crippen LogP contribution < -0.4 is 5.32 Å². The summed E-state index contributed by atoms with van der Waals surface area (Å²) in [5.41, 5.74) is 1.06. The number of carbonyl (C=O) groups excluding carboxylic acids is 1. The molecule has 1 amide bonds. The van der Waals surface area contributed by atoms with Crippen LogP contribution in [-0.2, 0) is 16.4 Å². The maximum atomic E-state index is 12.4. The Morgan fingerprint density at radius 1 is 1.28 bits per heavy atom. The Labute approximate surface area is 146 Å². The lowest BCUT2D eigenvalue weighted by atomic mass is 10.2. The minimum atomic E-state index is -3.04. The Hall–Kier alpha value is -2.55. The monoisotopic (exact) mass is 361 g/mol. The van der Waals surface area contributed by atoms with E-state index >= 15 is 0 Å². The molecular weight excluding hydrogens is 342 g/mol. The highest BCUT2D eigenvalue weighted by Gasteiger charge is 2.33. The summed E-state index contributed by atoms with van der Waals surface area (Å²) in [6.45, 7) is 0.503. The van der Waals surface area contributed by atoms with Crippen molar-refractivity contribution in [3.05, 3.63) is 47.9 Å². The second-order valence-corrected chi connectivity index (χ2v) is 8.18. The number of aromatic nitrogens is 3. The zero-order valence-corrected chi connectivity index (χ0v) is 14.6. The fourth-order valence-electron chi connectivity index (χ4n) is 2.65. The van der Waals surface area contributed by atoms with Crippen molar-refractivity contribution in [2.24, 2.45) is 0 Å². The van der Waals surface area contributed by atoms with Crippen LogP contribution in [0, 0.1) is 0 Å². The number of carbonyl (C=O) groups is 1. The third-order valence-electron chi connectivity index (χ3n) is 4.14. The molecule has 0 aromatic carbocycles. The second kappa shape index (κ2) is 7.14. The van der Waals surface area contributed by atoms with Crippen LogP contribution in [-0.4, -0.2) is 59.0 Å². The summed E-state index contributed by atoms with van der Waals surface area (Å²) in [6, 6.07) is 8.58. The minimum absolute atomic E-state index is 0.00633. The average molecular weight is 361 g/mol. The van der Waals surface area contributed by atoms with Gasteiger partial charge in [0.05, 0.1) is 23.7 Å². The van der Waals surface area contributed by atoms with Gasteiger partial charge in [-0.3, -0.25) is 9.78 Å². The van der Waals surface area contributed by atoms with Gasteiger partial charge in [0.1, 0.15) is 5.82 Å². The van der Waals surface area contributed by atoms with E-state index in [-0.39, 0.29) is 29.1 Å². The van der Waals surface area contributed by atoms with Gasteiger partial charge < -0.3 is 10.2 Å². The zero-order valence-electron chi connectivity index (χ0n) is 13.8. The fourth-order valence-corrected chi connectivity index (χ4v) is 4.43. The molecule has 1 aliphatic rings. The molecule has 25 heavy (non-hydrogen) atoms. The summed E-state index contributed by atoms with van der Waals surface area (Å²) in [6.07, 6.45) is 2.17. The molecule has 0 bridgehead atoms. The molecule has 2 aromatic heterocycles. The van der Waals surface area contributed by atoms with Gasteiger partial charge in [0.15, 0.2) is 15.5 Å². The van der Waals surface area contributed by atoms with E-state index in [1.54, 1.807) is 25.4 Å². The molecule has 0 saturated carbocycles. The van der Waals surface area contributed by atoms with Gasteiger partial charge >= 0.3 is 0 Å². The molecule has 132 valence electrons. The number of hydrogen-bond donors (Lipinski definition) is 1. The van der Waals surface area contributed by atoms with Crippen molar-refractivity contribution in [3.63, 3.8) is 0 Å². The highest BCUT2D eigenvalue weighted by atomic mass is 32.2. The van der Waals surface area contributed by atoms with Crippen LogP contribution in [0.1, 0.15) is 22.6 Å². The Morgan fingerprint density at radius 3 is 2.72 bits per heavy atom. The predicted octanol–water partition coefficient (Wildman–Crippen LogP) is 0.743. The van der Waals surface area contributed by atoms with Crippen molar-refractivity contribution < 1.29 is 13.2 Å². The lowest BCUT2D eigenvalue weighted by Crippen LogP contribution is -2.38. The first kappa shape index (κ1) is 17.3. The van der Waals surface area contributed by atoms with Gasteiger partial charge in [0.25, 0.3) is 5.91 Å². The molecule has 1 fully saturated rings. The first-order valence-electron chi connectivity index (χ1n) is 7.90. The van der Waals surface area contributed by atoms with Crippen LogP contribution in [0.4, 0.5) is 5.82 Å². The van der Waals surface area contributed by atoms with Crippen LogP contribution in [0.3, 0.4) is 0 Å². The van der Waals surface area contributed by atoms with Crippen molar-refractivity contribution in [1.82, 2.24) is 20.1 Å². The molecule has 1 saturated heterocycles. The van der Waals surface area contributed by atoms with Gasteiger partial charge in [-0.05, 0) is 30.7 Å². The normalized spacial score (nSPS) is 18.7. The van der Waals surface area contributed by atoms with Crippen molar-refractivity contribution in [3.8, 4) is 0 Å². The van der Waals surface area contributed by atoms with Gasteiger partial charge in [0.2, 0.25) is 0 Å². The summed E-state index contributed by atoms with van der Waals surface area (Å²) in [7, 11) is -1.44. The van der Waals surface area contributed by atoms with Gasteiger partial charge in [-0.15, -0.1) is 10.2 Å². The van der Waals surface area contributed by atoms with E-state index in [1.165, 1.54) is 4.90 Å². The summed E-state index contributed by atoms with van der Waals surface area (Å²) >= 11 is 0. The summed E-state index contributed by atoms with van der Waals surface area (Å²) < 4.78 is 23.1. The van der Waals surface area contributed by atoms with Crippen molar-refractivity contribution in [1.29, 1.82) is 0 Å². The van der Waals surface area contributed by atoms with Gasteiger partial charge in [0, 0.05) is 19.3 Å². The molecule has 1 atom stereocenters. The van der Waals surface area contributed by atoms with E-state index < -0.39 is 9.84 Å². The van der Waals surface area contributed by atoms with Crippen LogP contribution in [0.2, 0.25) is 0 Å². The van der Waals surface area contributed by atoms with E-state index in [1.807, 2.05) is 18.2 Å². The number of amides is 1. The van der Waals surface area contributed by atoms with Crippen LogP contribution in [0.25, 0.3) is 0 Å². The lowest BCUT2D eigenvalue weighted by Gasteiger charge is -2.22. The predicted molar refractivity (Wildman–Crippen MR) is 92.7 cm³/mol. The molecule has 0 radical (unpaired) electrons. The Morgan fingerprint density at radius 2 is 2.12 bits per heavy atom. The maximum absolute atomic E-state index is 12.4. The first-order chi connectivity index (χ1) is 11.9. The first-order valence-corrected chi connectivity index (χ1v) is 9.72. The number of sulfone groups is 1. The fraction of sp³-hybridized carbons (Fsp3) is 0.375. The number of hydrogen-bond acceptors (Lipinski definition) is 7. The summed E-state index contributed by atoms with van der Waals surface area (Å²) in [4.78, 5) is 18.1. The number of rotatable bonds is 5. The van der Waals surface area contributed by atoms with Crippen molar-refractivity contribution >= 4 is 21.6 Å². The maximum Gasteiger partial charge on any atom is 0.274 e. The van der Waals surface area contributed by atoms with E-state index in [0.717, 1.165) is 5.69 Å². The Kier molecular flexibility index (Phi) is 4.93. The third-order valence-corrected chi connectivity index (χ3v) is 5.89. The van der Waals surface area contributed by atoms with Crippen molar-refractivity contribution in [2.75, 3.05) is 23.9 Å². The largest absolute Gasteiger partial charge is 0.363 e. The highest BCUT2D eigenvalue weighted by Crippen LogP contribution is 2.18. The standard InChI is InChI=1S/C16H19N5O3S/c1-21(13-7-9-25(23,24)11-13)16(22)14-5-6-15(20-19-14)18-10-12-4-2-3-8-17-12/h2-6,8,13H,7,9-11H2,1H3,(H,18,20). The Balaban J connectivity index is 1.60. The Bertz CT molecular complexity index is 840. The van der Waals surface area contributed by atoms with Gasteiger partial charge in [-0.2, -0.15) is 0 Å². The molecule has 1 aliphatic heterocycles. The summed E-state index contributed by atoms with van der Waals surface area (Å²) in [5, 5.41) is 11.0. The molecule has 2 aromatic rings. The topological polar surface area (TPSA) is 105 Å². The van der Waals surface area contributed by atoms with E-state index in [0.29, 0.717) is 18.8 Å². The van der Waals surface area contributed by atoms with Crippen LogP contribution in [0.15, 0.2) is 36.5 Å². The smallest absolute Gasteiger partial charge is 0.274 e. The average Bonchev–Trinajstić information content (AvgIpc) is 3.00. The van der Waals surface area contributed by atoms with E-state index in [2.05, 4.69) is 20.5 Å². The lowest BCUT2D eigenvalue weighted by molar-refractivity contribution is 0.0740. The quantitative estimate of drug-likeness (QED) is 0.837. The number of pyridine rings is 1. The molecule has 0 aliphatic carbocycles. The van der Waals surface area contributed by atoms with E-state index in [4.69, 9.17) is 0 Å². The van der Waals surface area contributed by atoms with Crippen LogP contribution in [0.5, 0.6) is 0 Å². The third kappa shape index (κ3) is 4.30. The number of nitrogens with zero attached hydrogens (tertiary/aromatic N) is 4. The second-order valence-electron chi connectivity index (χ2n) is 5.95. The molecule has 0 spiro atoms. The SMILES string of the molecule is CN(C(=O)c1ccc(NCc2ccccn2)nn1)C1CCS(=O)(=O)C1. The van der Waals surface area contributed by atoms with Crippen molar-refractivity contribution in [2.45, 2.75) is 19.0 Å². The molecule has 1 unspecified atom stereocenters. The molecule has 8 nitrogen and oxygen atoms in total. The molecule has 3 rings (SSSR count). The summed E-state index contributed by atoms with van der Waals surface area (Å²) in [5.74, 6) is 0.336.